The summed E-state index contributed by atoms with van der Waals surface area (Å²) in [6.45, 7) is 1.64. The van der Waals surface area contributed by atoms with Crippen LogP contribution in [0.25, 0.3) is 10.8 Å². The van der Waals surface area contributed by atoms with Gasteiger partial charge in [-0.3, -0.25) is 19.3 Å². The number of benzene rings is 2. The first-order valence-electron chi connectivity index (χ1n) is 9.72. The van der Waals surface area contributed by atoms with Crippen molar-refractivity contribution >= 4 is 39.8 Å². The number of aliphatic hydroxyl groups is 2. The number of nitrogens with zero attached hydrogens (tertiary/aromatic N) is 1. The van der Waals surface area contributed by atoms with Crippen LogP contribution in [0.3, 0.4) is 0 Å². The highest BCUT2D eigenvalue weighted by atomic mass is 35.5. The lowest BCUT2D eigenvalue weighted by atomic mass is 9.61. The molecule has 0 saturated carbocycles. The SMILES string of the molecule is Cc1c2c(c(O)c3c(O)ccc(Cl)c13)C(=O)C1(O)C(O)=C(C(N)=O)C(=O)C(N(C)C)C1C2. The molecule has 1 amide bonds. The van der Waals surface area contributed by atoms with Crippen molar-refractivity contribution in [1.29, 1.82) is 0 Å². The van der Waals surface area contributed by atoms with Crippen LogP contribution in [0.4, 0.5) is 0 Å². The van der Waals surface area contributed by atoms with Crippen molar-refractivity contribution in [2.45, 2.75) is 25.0 Å². The molecule has 0 radical (unpaired) electrons. The van der Waals surface area contributed by atoms with E-state index in [1.165, 1.54) is 31.1 Å². The number of aryl methyl sites for hydroxylation is 1. The molecule has 0 aromatic heterocycles. The van der Waals surface area contributed by atoms with Gasteiger partial charge in [0.25, 0.3) is 5.91 Å². The molecule has 9 nitrogen and oxygen atoms in total. The molecule has 2 aromatic carbocycles. The van der Waals surface area contributed by atoms with E-state index >= 15 is 0 Å². The minimum absolute atomic E-state index is 0.0845. The molecule has 0 saturated heterocycles. The maximum Gasteiger partial charge on any atom is 0.255 e. The number of ketones is 2. The van der Waals surface area contributed by atoms with E-state index in [1.54, 1.807) is 6.92 Å². The third-order valence-electron chi connectivity index (χ3n) is 6.57. The Kier molecular flexibility index (Phi) is 4.78. The van der Waals surface area contributed by atoms with E-state index < -0.39 is 52.1 Å². The predicted octanol–water partition coefficient (Wildman–Crippen LogP) is 1.11. The predicted molar refractivity (Wildman–Crippen MR) is 115 cm³/mol. The Bertz CT molecular complexity index is 1280. The first-order valence-corrected chi connectivity index (χ1v) is 10.1. The molecular formula is C22H21ClN2O7. The maximum absolute atomic E-state index is 13.6. The number of hydrogen-bond acceptors (Lipinski definition) is 8. The molecular weight excluding hydrogens is 440 g/mol. The molecule has 0 aliphatic heterocycles. The van der Waals surface area contributed by atoms with Crippen LogP contribution in [0, 0.1) is 12.8 Å². The molecule has 0 spiro atoms. The van der Waals surface area contributed by atoms with Crippen LogP contribution in [0.5, 0.6) is 11.5 Å². The lowest BCUT2D eigenvalue weighted by Crippen LogP contribution is -2.64. The Hall–Kier alpha value is -3.14. The fourth-order valence-corrected chi connectivity index (χ4v) is 5.40. The van der Waals surface area contributed by atoms with Crippen molar-refractivity contribution in [2.24, 2.45) is 11.7 Å². The molecule has 2 aliphatic rings. The summed E-state index contributed by atoms with van der Waals surface area (Å²) in [5, 5.41) is 44.0. The Morgan fingerprint density at radius 1 is 1.19 bits per heavy atom. The summed E-state index contributed by atoms with van der Waals surface area (Å²) >= 11 is 6.31. The van der Waals surface area contributed by atoms with Crippen LogP contribution < -0.4 is 5.73 Å². The van der Waals surface area contributed by atoms with E-state index in [0.717, 1.165) is 0 Å². The van der Waals surface area contributed by atoms with E-state index in [1.807, 2.05) is 0 Å². The maximum atomic E-state index is 13.6. The second-order valence-corrected chi connectivity index (χ2v) is 8.82. The average Bonchev–Trinajstić information content (AvgIpc) is 2.69. The lowest BCUT2D eigenvalue weighted by molar-refractivity contribution is -0.132. The van der Waals surface area contributed by atoms with E-state index in [0.29, 0.717) is 16.5 Å². The molecule has 6 N–H and O–H groups in total. The number of amides is 1. The van der Waals surface area contributed by atoms with Crippen molar-refractivity contribution in [1.82, 2.24) is 4.90 Å². The minimum atomic E-state index is -2.69. The Balaban J connectivity index is 2.13. The molecule has 3 unspecified atom stereocenters. The molecule has 4 rings (SSSR count). The van der Waals surface area contributed by atoms with E-state index in [4.69, 9.17) is 17.3 Å². The fourth-order valence-electron chi connectivity index (χ4n) is 5.10. The van der Waals surface area contributed by atoms with E-state index in [2.05, 4.69) is 0 Å². The van der Waals surface area contributed by atoms with E-state index in [-0.39, 0.29) is 28.1 Å². The summed E-state index contributed by atoms with van der Waals surface area (Å²) in [5.74, 6) is -6.49. The lowest BCUT2D eigenvalue weighted by Gasteiger charge is -2.47. The summed E-state index contributed by atoms with van der Waals surface area (Å²) < 4.78 is 0. The first kappa shape index (κ1) is 22.1. The normalized spacial score (nSPS) is 25.3. The number of phenolic OH excluding ortho intramolecular Hbond substituents is 2. The molecule has 0 heterocycles. The van der Waals surface area contributed by atoms with Crippen molar-refractivity contribution in [3.8, 4) is 11.5 Å². The molecule has 168 valence electrons. The Morgan fingerprint density at radius 2 is 1.81 bits per heavy atom. The Morgan fingerprint density at radius 3 is 2.38 bits per heavy atom. The molecule has 2 aromatic rings. The molecule has 2 aliphatic carbocycles. The van der Waals surface area contributed by atoms with Gasteiger partial charge in [-0.1, -0.05) is 11.6 Å². The summed E-state index contributed by atoms with van der Waals surface area (Å²) in [7, 11) is 3.06. The largest absolute Gasteiger partial charge is 0.508 e. The standard InChI is InChI=1S/C22H21ClN2O7/c1-7-8-6-9-16(25(2)3)18(28)15(21(24)31)20(30)22(9,32)19(29)13(8)17(27)14-11(26)5-4-10(23)12(7)14/h4-5,9,16,26-27,30,32H,6H2,1-3H3,(H2,24,31). The zero-order valence-corrected chi connectivity index (χ0v) is 18.2. The van der Waals surface area contributed by atoms with Gasteiger partial charge in [0.05, 0.1) is 17.0 Å². The van der Waals surface area contributed by atoms with Crippen molar-refractivity contribution < 1.29 is 34.8 Å². The highest BCUT2D eigenvalue weighted by Crippen LogP contribution is 2.51. The number of hydrogen-bond donors (Lipinski definition) is 5. The highest BCUT2D eigenvalue weighted by Gasteiger charge is 2.62. The number of Topliss-reactive ketones (excluding diaryl/α,β-unsaturated/α-hetero) is 2. The van der Waals surface area contributed by atoms with Gasteiger partial charge in [-0.05, 0) is 50.7 Å². The number of carbonyl (C=O) groups is 3. The second kappa shape index (κ2) is 6.93. The van der Waals surface area contributed by atoms with Gasteiger partial charge in [-0.2, -0.15) is 0 Å². The molecule has 0 bridgehead atoms. The number of likely N-dealkylation sites (N-methyl/N-ethyl adjacent to an activating group) is 1. The van der Waals surface area contributed by atoms with Crippen molar-refractivity contribution in [2.75, 3.05) is 14.1 Å². The van der Waals surface area contributed by atoms with Gasteiger partial charge < -0.3 is 26.2 Å². The summed E-state index contributed by atoms with van der Waals surface area (Å²) in [4.78, 5) is 40.0. The number of phenols is 2. The van der Waals surface area contributed by atoms with Crippen LogP contribution in [-0.4, -0.2) is 68.5 Å². The highest BCUT2D eigenvalue weighted by molar-refractivity contribution is 6.37. The monoisotopic (exact) mass is 460 g/mol. The third-order valence-corrected chi connectivity index (χ3v) is 6.88. The number of aromatic hydroxyl groups is 2. The molecule has 32 heavy (non-hydrogen) atoms. The van der Waals surface area contributed by atoms with Crippen LogP contribution in [-0.2, 0) is 16.0 Å². The van der Waals surface area contributed by atoms with Crippen LogP contribution in [0.2, 0.25) is 5.02 Å². The fraction of sp³-hybridized carbons (Fsp3) is 0.318. The minimum Gasteiger partial charge on any atom is -0.508 e. The quantitative estimate of drug-likeness (QED) is 0.416. The molecule has 10 heteroatoms. The molecule has 0 fully saturated rings. The van der Waals surface area contributed by atoms with E-state index in [9.17, 15) is 34.8 Å². The summed E-state index contributed by atoms with van der Waals surface area (Å²) in [6.07, 6.45) is -0.108. The number of fused-ring (bicyclic) bond motifs is 3. The van der Waals surface area contributed by atoms with Gasteiger partial charge in [0.2, 0.25) is 5.78 Å². The smallest absolute Gasteiger partial charge is 0.255 e. The summed E-state index contributed by atoms with van der Waals surface area (Å²) in [5.41, 5.74) is 2.19. The summed E-state index contributed by atoms with van der Waals surface area (Å²) in [6, 6.07) is 1.54. The van der Waals surface area contributed by atoms with Crippen LogP contribution in [0.1, 0.15) is 21.5 Å². The number of aliphatic hydroxyl groups excluding tert-OH is 1. The van der Waals surface area contributed by atoms with Gasteiger partial charge in [0.15, 0.2) is 11.4 Å². The number of primary amides is 1. The second-order valence-electron chi connectivity index (χ2n) is 8.41. The Labute approximate surface area is 187 Å². The van der Waals surface area contributed by atoms with Crippen LogP contribution in [0.15, 0.2) is 23.5 Å². The number of halogens is 1. The first-order chi connectivity index (χ1) is 14.8. The van der Waals surface area contributed by atoms with Gasteiger partial charge in [0.1, 0.15) is 22.8 Å². The third kappa shape index (κ3) is 2.55. The zero-order valence-electron chi connectivity index (χ0n) is 17.4. The number of rotatable bonds is 2. The van der Waals surface area contributed by atoms with Gasteiger partial charge >= 0.3 is 0 Å². The van der Waals surface area contributed by atoms with Crippen molar-refractivity contribution in [3.63, 3.8) is 0 Å². The zero-order chi connectivity index (χ0) is 23.9. The topological polar surface area (TPSA) is 161 Å². The van der Waals surface area contributed by atoms with Gasteiger partial charge in [-0.25, -0.2) is 0 Å². The number of nitrogens with two attached hydrogens (primary N) is 1. The van der Waals surface area contributed by atoms with Crippen molar-refractivity contribution in [3.05, 3.63) is 45.2 Å². The number of carbonyl (C=O) groups excluding carboxylic acids is 3. The molecule has 3 atom stereocenters. The van der Waals surface area contributed by atoms with Crippen LogP contribution >= 0.6 is 11.6 Å². The average molecular weight is 461 g/mol. The van der Waals surface area contributed by atoms with Gasteiger partial charge in [0, 0.05) is 16.3 Å². The van der Waals surface area contributed by atoms with Gasteiger partial charge in [-0.15, -0.1) is 0 Å².